The first-order valence-corrected chi connectivity index (χ1v) is 12.8. The normalized spacial score (nSPS) is 14.1. The lowest BCUT2D eigenvalue weighted by Crippen LogP contribution is -2.40. The van der Waals surface area contributed by atoms with Crippen LogP contribution in [0.5, 0.6) is 0 Å². The Morgan fingerprint density at radius 3 is 1.77 bits per heavy atom. The molecule has 2 heteroatoms. The first-order chi connectivity index (χ1) is 10.1. The van der Waals surface area contributed by atoms with Crippen molar-refractivity contribution < 1.29 is 4.43 Å². The highest BCUT2D eigenvalue weighted by Gasteiger charge is 2.32. The molecule has 0 aromatic carbocycles. The third kappa shape index (κ3) is 11.5. The molecule has 0 radical (unpaired) electrons. The second-order valence-corrected chi connectivity index (χ2v) is 13.3. The van der Waals surface area contributed by atoms with Crippen LogP contribution in [0.25, 0.3) is 0 Å². The highest BCUT2D eigenvalue weighted by molar-refractivity contribution is 6.69. The Morgan fingerprint density at radius 1 is 0.909 bits per heavy atom. The van der Waals surface area contributed by atoms with Crippen molar-refractivity contribution in [3.8, 4) is 0 Å². The number of hydrogen-bond donors (Lipinski definition) is 0. The van der Waals surface area contributed by atoms with Crippen LogP contribution in [0.15, 0.2) is 12.2 Å². The van der Waals surface area contributed by atoms with Crippen LogP contribution in [-0.4, -0.2) is 14.4 Å². The summed E-state index contributed by atoms with van der Waals surface area (Å²) in [4.78, 5) is 0. The molecule has 0 aromatic rings. The van der Waals surface area contributed by atoms with Crippen LogP contribution >= 0.6 is 0 Å². The smallest absolute Gasteiger partial charge is 0.184 e. The summed E-state index contributed by atoms with van der Waals surface area (Å²) in [6.45, 7) is 20.3. The summed E-state index contributed by atoms with van der Waals surface area (Å²) in [5.74, 6) is 0. The van der Waals surface area contributed by atoms with E-state index in [9.17, 15) is 0 Å². The molecule has 0 aromatic heterocycles. The van der Waals surface area contributed by atoms with Gasteiger partial charge in [-0.3, -0.25) is 0 Å². The summed E-state index contributed by atoms with van der Waals surface area (Å²) in [5.41, 5.74) is 1.46. The maximum atomic E-state index is 6.43. The zero-order chi connectivity index (χ0) is 17.2. The molecule has 0 spiro atoms. The van der Waals surface area contributed by atoms with E-state index in [1.54, 1.807) is 0 Å². The molecule has 0 fully saturated rings. The van der Waals surface area contributed by atoms with E-state index in [0.29, 0.717) is 0 Å². The predicted molar refractivity (Wildman–Crippen MR) is 104 cm³/mol. The first-order valence-electron chi connectivity index (χ1n) is 9.43. The van der Waals surface area contributed by atoms with Gasteiger partial charge in [0.1, 0.15) is 0 Å². The lowest BCUT2D eigenvalue weighted by atomic mass is 9.83. The fraction of sp³-hybridized carbons (Fsp3) is 0.900. The summed E-state index contributed by atoms with van der Waals surface area (Å²) in [6.07, 6.45) is 12.3. The molecule has 0 heterocycles. The highest BCUT2D eigenvalue weighted by atomic mass is 28.4. The van der Waals surface area contributed by atoms with Crippen molar-refractivity contribution in [2.45, 2.75) is 111 Å². The molecule has 1 nitrogen and oxygen atoms in total. The molecule has 0 aliphatic heterocycles. The molecule has 0 aliphatic carbocycles. The van der Waals surface area contributed by atoms with Gasteiger partial charge in [0.05, 0.1) is 6.10 Å². The van der Waals surface area contributed by atoms with Crippen molar-refractivity contribution in [3.63, 3.8) is 0 Å². The van der Waals surface area contributed by atoms with Gasteiger partial charge >= 0.3 is 0 Å². The Hall–Kier alpha value is -0.0831. The predicted octanol–water partition coefficient (Wildman–Crippen LogP) is 7.34. The molecule has 0 N–H and O–H groups in total. The molecule has 1 unspecified atom stereocenters. The molecule has 0 saturated heterocycles. The van der Waals surface area contributed by atoms with Gasteiger partial charge in [-0.15, -0.1) is 0 Å². The molecule has 0 saturated carbocycles. The second-order valence-electron chi connectivity index (χ2n) is 8.86. The van der Waals surface area contributed by atoms with Crippen molar-refractivity contribution in [1.29, 1.82) is 0 Å². The fourth-order valence-corrected chi connectivity index (χ4v) is 4.07. The SMILES string of the molecule is C=C(CCCCCCCCCC)C(O[Si](C)(C)C)C(C)(C)C. The van der Waals surface area contributed by atoms with E-state index in [1.807, 2.05) is 0 Å². The molecular weight excluding hydrogens is 284 g/mol. The van der Waals surface area contributed by atoms with Crippen molar-refractivity contribution in [1.82, 2.24) is 0 Å². The van der Waals surface area contributed by atoms with E-state index in [-0.39, 0.29) is 11.5 Å². The largest absolute Gasteiger partial charge is 0.411 e. The molecule has 0 rings (SSSR count). The monoisotopic (exact) mass is 326 g/mol. The lowest BCUT2D eigenvalue weighted by Gasteiger charge is -2.37. The number of hydrogen-bond acceptors (Lipinski definition) is 1. The van der Waals surface area contributed by atoms with Crippen molar-refractivity contribution in [2.75, 3.05) is 0 Å². The van der Waals surface area contributed by atoms with E-state index in [2.05, 4.69) is 53.9 Å². The highest BCUT2D eigenvalue weighted by Crippen LogP contribution is 2.32. The summed E-state index contributed by atoms with van der Waals surface area (Å²) in [5, 5.41) is 0. The Kier molecular flexibility index (Phi) is 10.6. The quantitative estimate of drug-likeness (QED) is 0.207. The minimum atomic E-state index is -1.53. The molecule has 0 aliphatic rings. The zero-order valence-corrected chi connectivity index (χ0v) is 17.6. The van der Waals surface area contributed by atoms with E-state index in [4.69, 9.17) is 4.43 Å². The Balaban J connectivity index is 4.04. The van der Waals surface area contributed by atoms with Crippen molar-refractivity contribution >= 4 is 8.32 Å². The van der Waals surface area contributed by atoms with E-state index in [0.717, 1.165) is 6.42 Å². The topological polar surface area (TPSA) is 9.23 Å². The second kappa shape index (κ2) is 10.6. The standard InChI is InChI=1S/C20H42OSi/c1-9-10-11-12-13-14-15-16-17-18(2)19(20(3,4)5)21-22(6,7)8/h19H,2,9-17H2,1,3-8H3. The van der Waals surface area contributed by atoms with Gasteiger partial charge in [-0.25, -0.2) is 0 Å². The zero-order valence-electron chi connectivity index (χ0n) is 16.6. The van der Waals surface area contributed by atoms with Crippen LogP contribution in [-0.2, 0) is 4.43 Å². The van der Waals surface area contributed by atoms with E-state index >= 15 is 0 Å². The van der Waals surface area contributed by atoms with Gasteiger partial charge < -0.3 is 4.43 Å². The van der Waals surface area contributed by atoms with Gasteiger partial charge in [-0.1, -0.05) is 79.2 Å². The van der Waals surface area contributed by atoms with Crippen LogP contribution in [0, 0.1) is 5.41 Å². The van der Waals surface area contributed by atoms with Crippen LogP contribution in [0.3, 0.4) is 0 Å². The molecule has 1 atom stereocenters. The van der Waals surface area contributed by atoms with Crippen LogP contribution in [0.4, 0.5) is 0 Å². The molecule has 0 bridgehead atoms. The van der Waals surface area contributed by atoms with Gasteiger partial charge in [0.2, 0.25) is 0 Å². The summed E-state index contributed by atoms with van der Waals surface area (Å²) in [7, 11) is -1.53. The lowest BCUT2D eigenvalue weighted by molar-refractivity contribution is 0.108. The van der Waals surface area contributed by atoms with Gasteiger partial charge in [-0.2, -0.15) is 0 Å². The molecular formula is C20H42OSi. The first kappa shape index (κ1) is 21.9. The van der Waals surface area contributed by atoms with Crippen LogP contribution in [0.1, 0.15) is 85.5 Å². The molecule has 0 amide bonds. The Morgan fingerprint density at radius 2 is 1.36 bits per heavy atom. The van der Waals surface area contributed by atoms with Gasteiger partial charge in [-0.05, 0) is 43.5 Å². The molecule has 132 valence electrons. The van der Waals surface area contributed by atoms with E-state index < -0.39 is 8.32 Å². The minimum absolute atomic E-state index is 0.150. The fourth-order valence-electron chi connectivity index (χ4n) is 2.84. The molecule has 22 heavy (non-hydrogen) atoms. The summed E-state index contributed by atoms with van der Waals surface area (Å²) >= 11 is 0. The Bertz CT molecular complexity index is 296. The summed E-state index contributed by atoms with van der Waals surface area (Å²) in [6, 6.07) is 0. The van der Waals surface area contributed by atoms with Crippen LogP contribution in [0.2, 0.25) is 19.6 Å². The van der Waals surface area contributed by atoms with Gasteiger partial charge in [0.25, 0.3) is 0 Å². The average molecular weight is 327 g/mol. The summed E-state index contributed by atoms with van der Waals surface area (Å²) < 4.78 is 6.43. The van der Waals surface area contributed by atoms with Crippen molar-refractivity contribution in [3.05, 3.63) is 12.2 Å². The average Bonchev–Trinajstić information content (AvgIpc) is 2.36. The Labute approximate surface area is 142 Å². The van der Waals surface area contributed by atoms with Gasteiger partial charge in [0.15, 0.2) is 8.32 Å². The maximum absolute atomic E-state index is 6.43. The van der Waals surface area contributed by atoms with E-state index in [1.165, 1.54) is 56.9 Å². The van der Waals surface area contributed by atoms with Gasteiger partial charge in [0, 0.05) is 0 Å². The number of unbranched alkanes of at least 4 members (excludes halogenated alkanes) is 7. The number of rotatable bonds is 12. The third-order valence-electron chi connectivity index (χ3n) is 3.98. The minimum Gasteiger partial charge on any atom is -0.411 e. The van der Waals surface area contributed by atoms with Crippen LogP contribution < -0.4 is 0 Å². The third-order valence-corrected chi connectivity index (χ3v) is 4.92. The maximum Gasteiger partial charge on any atom is 0.184 e. The van der Waals surface area contributed by atoms with Crippen molar-refractivity contribution in [2.24, 2.45) is 5.41 Å².